The number of ketones is 1. The molecule has 5 rings (SSSR count). The second-order valence-corrected chi connectivity index (χ2v) is 10.2. The van der Waals surface area contributed by atoms with Crippen molar-refractivity contribution in [2.75, 3.05) is 19.7 Å². The van der Waals surface area contributed by atoms with E-state index in [4.69, 9.17) is 4.74 Å². The highest BCUT2D eigenvalue weighted by molar-refractivity contribution is 6.00. The van der Waals surface area contributed by atoms with Crippen LogP contribution in [0.5, 0.6) is 0 Å². The van der Waals surface area contributed by atoms with E-state index in [0.29, 0.717) is 45.5 Å². The van der Waals surface area contributed by atoms with Gasteiger partial charge in [0.2, 0.25) is 0 Å². The number of hydrogen-bond donors (Lipinski definition) is 0. The molecule has 0 unspecified atom stereocenters. The van der Waals surface area contributed by atoms with Gasteiger partial charge in [0.05, 0.1) is 24.0 Å². The van der Waals surface area contributed by atoms with E-state index < -0.39 is 5.54 Å². The van der Waals surface area contributed by atoms with Crippen molar-refractivity contribution in [2.45, 2.75) is 44.7 Å². The number of rotatable bonds is 11. The molecule has 0 saturated carbocycles. The van der Waals surface area contributed by atoms with Gasteiger partial charge < -0.3 is 4.74 Å². The molecule has 41 heavy (non-hydrogen) atoms. The Morgan fingerprint density at radius 3 is 2.05 bits per heavy atom. The first-order valence-corrected chi connectivity index (χ1v) is 14.3. The summed E-state index contributed by atoms with van der Waals surface area (Å²) in [6.45, 7) is 3.92. The normalized spacial score (nSPS) is 15.2. The topological polar surface area (TPSA) is 77.3 Å². The van der Waals surface area contributed by atoms with Crippen LogP contribution < -0.4 is 0 Å². The van der Waals surface area contributed by atoms with Crippen LogP contribution >= 0.6 is 0 Å². The van der Waals surface area contributed by atoms with Gasteiger partial charge in [0.15, 0.2) is 5.78 Å². The first-order valence-electron chi connectivity index (χ1n) is 14.3. The molecule has 210 valence electrons. The highest BCUT2D eigenvalue weighted by Gasteiger charge is 2.44. The molecule has 1 aliphatic heterocycles. The van der Waals surface area contributed by atoms with Gasteiger partial charge in [0, 0.05) is 38.0 Å². The van der Waals surface area contributed by atoms with Gasteiger partial charge in [-0.3, -0.25) is 14.5 Å². The Balaban J connectivity index is 1.48. The van der Waals surface area contributed by atoms with Crippen molar-refractivity contribution in [3.8, 4) is 0 Å². The lowest BCUT2D eigenvalue weighted by Crippen LogP contribution is -2.52. The molecule has 7 heteroatoms. The van der Waals surface area contributed by atoms with E-state index in [1.165, 1.54) is 0 Å². The summed E-state index contributed by atoms with van der Waals surface area (Å²) in [5, 5.41) is 8.37. The summed E-state index contributed by atoms with van der Waals surface area (Å²) in [4.78, 5) is 27.4. The molecule has 1 aromatic heterocycles. The van der Waals surface area contributed by atoms with E-state index in [9.17, 15) is 9.59 Å². The van der Waals surface area contributed by atoms with Crippen molar-refractivity contribution in [1.82, 2.24) is 19.9 Å². The molecule has 7 nitrogen and oxygen atoms in total. The third-order valence-electron chi connectivity index (χ3n) is 7.65. The summed E-state index contributed by atoms with van der Waals surface area (Å²) in [5.41, 5.74) is 4.39. The zero-order valence-electron chi connectivity index (χ0n) is 23.5. The predicted octanol–water partition coefficient (Wildman–Crippen LogP) is 5.66. The molecule has 1 fully saturated rings. The number of aryl methyl sites for hydroxylation is 1. The zero-order chi connectivity index (χ0) is 28.5. The SMILES string of the molecule is CCOC(=O)CCCCn1nncc1/C=C1\CN(C(c2ccccc2)(c2ccccc2)c2ccccc2)CCC1=O. The van der Waals surface area contributed by atoms with Crippen LogP contribution in [0.2, 0.25) is 0 Å². The minimum Gasteiger partial charge on any atom is -0.466 e. The summed E-state index contributed by atoms with van der Waals surface area (Å²) >= 11 is 0. The van der Waals surface area contributed by atoms with Crippen molar-refractivity contribution in [3.63, 3.8) is 0 Å². The Morgan fingerprint density at radius 1 is 0.902 bits per heavy atom. The van der Waals surface area contributed by atoms with Crippen molar-refractivity contribution < 1.29 is 14.3 Å². The van der Waals surface area contributed by atoms with E-state index in [0.717, 1.165) is 34.4 Å². The molecule has 0 atom stereocenters. The molecule has 0 bridgehead atoms. The third-order valence-corrected chi connectivity index (χ3v) is 7.65. The van der Waals surface area contributed by atoms with Gasteiger partial charge in [-0.2, -0.15) is 0 Å². The van der Waals surface area contributed by atoms with Crippen molar-refractivity contribution >= 4 is 17.8 Å². The predicted molar refractivity (Wildman–Crippen MR) is 159 cm³/mol. The van der Waals surface area contributed by atoms with Crippen molar-refractivity contribution in [2.24, 2.45) is 0 Å². The number of esters is 1. The summed E-state index contributed by atoms with van der Waals surface area (Å²) in [6.07, 6.45) is 5.90. The minimum atomic E-state index is -0.588. The number of Topliss-reactive ketones (excluding diaryl/α,β-unsaturated/α-hetero) is 1. The number of benzene rings is 3. The van der Waals surface area contributed by atoms with Crippen LogP contribution in [0.25, 0.3) is 6.08 Å². The highest BCUT2D eigenvalue weighted by atomic mass is 16.5. The Morgan fingerprint density at radius 2 is 1.49 bits per heavy atom. The van der Waals surface area contributed by atoms with Gasteiger partial charge in [-0.05, 0) is 42.5 Å². The second-order valence-electron chi connectivity index (χ2n) is 10.2. The smallest absolute Gasteiger partial charge is 0.305 e. The standard InChI is InChI=1S/C34H36N4O3/c1-2-41-33(40)20-12-13-22-38-31(25-35-36-38)24-27-26-37(23-21-32(27)39)34(28-14-6-3-7-15-28,29-16-8-4-9-17-29)30-18-10-5-11-19-30/h3-11,14-19,24-25H,2,12-13,20-23,26H2,1H3/b27-24+. The number of ether oxygens (including phenoxy) is 1. The quantitative estimate of drug-likeness (QED) is 0.104. The van der Waals surface area contributed by atoms with E-state index in [1.54, 1.807) is 6.20 Å². The first kappa shape index (κ1) is 28.2. The first-order chi connectivity index (χ1) is 20.1. The lowest BCUT2D eigenvalue weighted by Gasteiger charge is -2.47. The van der Waals surface area contributed by atoms with Crippen molar-refractivity contribution in [1.29, 1.82) is 0 Å². The summed E-state index contributed by atoms with van der Waals surface area (Å²) in [7, 11) is 0. The van der Waals surface area contributed by atoms with E-state index in [2.05, 4.69) is 88.0 Å². The fourth-order valence-corrected chi connectivity index (χ4v) is 5.76. The van der Waals surface area contributed by atoms with Gasteiger partial charge in [-0.25, -0.2) is 4.68 Å². The van der Waals surface area contributed by atoms with Gasteiger partial charge >= 0.3 is 5.97 Å². The van der Waals surface area contributed by atoms with Gasteiger partial charge in [-0.1, -0.05) is 96.2 Å². The lowest BCUT2D eigenvalue weighted by atomic mass is 9.74. The molecule has 1 saturated heterocycles. The summed E-state index contributed by atoms with van der Waals surface area (Å²) < 4.78 is 6.83. The number of carbonyl (C=O) groups excluding carboxylic acids is 2. The number of aromatic nitrogens is 3. The van der Waals surface area contributed by atoms with Gasteiger partial charge in [0.25, 0.3) is 0 Å². The van der Waals surface area contributed by atoms with Crippen LogP contribution in [0.4, 0.5) is 0 Å². The van der Waals surface area contributed by atoms with Gasteiger partial charge in [0.1, 0.15) is 0 Å². The van der Waals surface area contributed by atoms with Crippen LogP contribution in [0.3, 0.4) is 0 Å². The average molecular weight is 549 g/mol. The molecule has 0 amide bonds. The Labute approximate surface area is 241 Å². The Kier molecular flexibility index (Phi) is 9.16. The molecule has 0 aliphatic carbocycles. The molecule has 0 radical (unpaired) electrons. The maximum atomic E-state index is 13.3. The molecule has 2 heterocycles. The zero-order valence-corrected chi connectivity index (χ0v) is 23.5. The van der Waals surface area contributed by atoms with Crippen LogP contribution in [-0.2, 0) is 26.4 Å². The number of carbonyl (C=O) groups is 2. The number of likely N-dealkylation sites (tertiary alicyclic amines) is 1. The summed E-state index contributed by atoms with van der Waals surface area (Å²) in [6, 6.07) is 31.6. The van der Waals surface area contributed by atoms with E-state index in [1.807, 2.05) is 35.9 Å². The molecular formula is C34H36N4O3. The van der Waals surface area contributed by atoms with Crippen LogP contribution in [-0.4, -0.2) is 51.3 Å². The number of hydrogen-bond acceptors (Lipinski definition) is 6. The average Bonchev–Trinajstić information content (AvgIpc) is 3.46. The number of unbranched alkanes of at least 4 members (excludes halogenated alkanes) is 1. The van der Waals surface area contributed by atoms with Gasteiger partial charge in [-0.15, -0.1) is 5.10 Å². The largest absolute Gasteiger partial charge is 0.466 e. The molecule has 1 aliphatic rings. The molecule has 0 spiro atoms. The van der Waals surface area contributed by atoms with E-state index in [-0.39, 0.29) is 11.8 Å². The highest BCUT2D eigenvalue weighted by Crippen LogP contribution is 2.44. The Hall–Kier alpha value is -4.36. The molecular weight excluding hydrogens is 512 g/mol. The van der Waals surface area contributed by atoms with Crippen molar-refractivity contribution in [3.05, 3.63) is 125 Å². The fraction of sp³-hybridized carbons (Fsp3) is 0.294. The second kappa shape index (κ2) is 13.3. The maximum absolute atomic E-state index is 13.3. The summed E-state index contributed by atoms with van der Waals surface area (Å²) in [5.74, 6) is -0.0422. The Bertz CT molecular complexity index is 1370. The van der Waals surface area contributed by atoms with E-state index >= 15 is 0 Å². The molecule has 0 N–H and O–H groups in total. The van der Waals surface area contributed by atoms with Crippen LogP contribution in [0, 0.1) is 0 Å². The lowest BCUT2D eigenvalue weighted by molar-refractivity contribution is -0.143. The number of piperidine rings is 1. The minimum absolute atomic E-state index is 0.138. The fourth-order valence-electron chi connectivity index (χ4n) is 5.76. The monoisotopic (exact) mass is 548 g/mol. The van der Waals surface area contributed by atoms with Crippen LogP contribution in [0.15, 0.2) is 103 Å². The molecule has 4 aromatic rings. The van der Waals surface area contributed by atoms with Crippen LogP contribution in [0.1, 0.15) is 55.0 Å². The molecule has 3 aromatic carbocycles. The number of nitrogens with zero attached hydrogens (tertiary/aromatic N) is 4. The maximum Gasteiger partial charge on any atom is 0.305 e. The third kappa shape index (κ3) is 6.20.